The lowest BCUT2D eigenvalue weighted by molar-refractivity contribution is -0.148. The van der Waals surface area contributed by atoms with E-state index < -0.39 is 12.0 Å². The zero-order valence-electron chi connectivity index (χ0n) is 13.9. The lowest BCUT2D eigenvalue weighted by Crippen LogP contribution is -2.40. The van der Waals surface area contributed by atoms with E-state index in [1.54, 1.807) is 6.07 Å². The number of carboxylic acids is 1. The highest BCUT2D eigenvalue weighted by Gasteiger charge is 2.21. The van der Waals surface area contributed by atoms with E-state index in [-0.39, 0.29) is 18.2 Å². The minimum atomic E-state index is -1.02. The highest BCUT2D eigenvalue weighted by Crippen LogP contribution is 2.26. The molecule has 0 bridgehead atoms. The second kappa shape index (κ2) is 7.81. The van der Waals surface area contributed by atoms with Gasteiger partial charge in [-0.05, 0) is 43.5 Å². The molecule has 24 heavy (non-hydrogen) atoms. The summed E-state index contributed by atoms with van der Waals surface area (Å²) in [6.07, 6.45) is 1.90. The first-order valence-corrected chi connectivity index (χ1v) is 7.92. The van der Waals surface area contributed by atoms with E-state index in [2.05, 4.69) is 5.32 Å². The molecule has 7 nitrogen and oxygen atoms in total. The SMILES string of the molecule is C[C@@H](C(=O)O)N(C)C(=O)CCCOc1ccc2c(c1)CCC(=O)N2. The van der Waals surface area contributed by atoms with Crippen molar-refractivity contribution in [1.82, 2.24) is 4.90 Å². The molecular formula is C17H22N2O5. The molecule has 130 valence electrons. The second-order valence-corrected chi connectivity index (χ2v) is 5.84. The van der Waals surface area contributed by atoms with Gasteiger partial charge in [-0.15, -0.1) is 0 Å². The molecule has 1 aliphatic heterocycles. The molecule has 1 aromatic carbocycles. The first-order valence-electron chi connectivity index (χ1n) is 7.92. The molecule has 0 spiro atoms. The molecule has 7 heteroatoms. The minimum absolute atomic E-state index is 0.0226. The van der Waals surface area contributed by atoms with Gasteiger partial charge in [0.25, 0.3) is 0 Å². The van der Waals surface area contributed by atoms with Crippen LogP contribution in [0, 0.1) is 0 Å². The number of carbonyl (C=O) groups is 3. The number of carboxylic acid groups (broad SMARTS) is 1. The van der Waals surface area contributed by atoms with Gasteiger partial charge in [0.2, 0.25) is 11.8 Å². The van der Waals surface area contributed by atoms with E-state index in [9.17, 15) is 14.4 Å². The summed E-state index contributed by atoms with van der Waals surface area (Å²) < 4.78 is 5.64. The number of aliphatic carboxylic acids is 1. The Bertz CT molecular complexity index is 644. The number of amides is 2. The Morgan fingerprint density at radius 1 is 1.38 bits per heavy atom. The largest absolute Gasteiger partial charge is 0.494 e. The van der Waals surface area contributed by atoms with Gasteiger partial charge in [-0.1, -0.05) is 0 Å². The standard InChI is InChI=1S/C17H22N2O5/c1-11(17(22)23)19(2)16(21)4-3-9-24-13-6-7-14-12(10-13)5-8-15(20)18-14/h6-7,10-11H,3-5,8-9H2,1-2H3,(H,18,20)(H,22,23)/t11-/m0/s1. The minimum Gasteiger partial charge on any atom is -0.494 e. The highest BCUT2D eigenvalue weighted by molar-refractivity contribution is 5.94. The Labute approximate surface area is 140 Å². The van der Waals surface area contributed by atoms with Crippen molar-refractivity contribution >= 4 is 23.5 Å². The average Bonchev–Trinajstić information content (AvgIpc) is 2.57. The van der Waals surface area contributed by atoms with Crippen LogP contribution in [0.1, 0.15) is 31.7 Å². The molecule has 0 unspecified atom stereocenters. The van der Waals surface area contributed by atoms with Crippen molar-refractivity contribution < 1.29 is 24.2 Å². The fourth-order valence-corrected chi connectivity index (χ4v) is 2.42. The van der Waals surface area contributed by atoms with Crippen LogP contribution in [-0.4, -0.2) is 47.5 Å². The molecule has 2 rings (SSSR count). The first-order chi connectivity index (χ1) is 11.4. The van der Waals surface area contributed by atoms with Crippen molar-refractivity contribution in [3.63, 3.8) is 0 Å². The van der Waals surface area contributed by atoms with Crippen LogP contribution in [0.2, 0.25) is 0 Å². The molecule has 0 saturated heterocycles. The van der Waals surface area contributed by atoms with Crippen LogP contribution in [0.3, 0.4) is 0 Å². The molecule has 2 N–H and O–H groups in total. The van der Waals surface area contributed by atoms with Crippen LogP contribution in [0.5, 0.6) is 5.75 Å². The third kappa shape index (κ3) is 4.47. The smallest absolute Gasteiger partial charge is 0.326 e. The van der Waals surface area contributed by atoms with Gasteiger partial charge in [0, 0.05) is 25.6 Å². The number of hydrogen-bond donors (Lipinski definition) is 2. The van der Waals surface area contributed by atoms with Crippen LogP contribution < -0.4 is 10.1 Å². The van der Waals surface area contributed by atoms with E-state index in [1.165, 1.54) is 18.9 Å². The monoisotopic (exact) mass is 334 g/mol. The van der Waals surface area contributed by atoms with E-state index in [0.29, 0.717) is 31.6 Å². The van der Waals surface area contributed by atoms with Crippen LogP contribution in [0.4, 0.5) is 5.69 Å². The predicted molar refractivity (Wildman–Crippen MR) is 88.0 cm³/mol. The summed E-state index contributed by atoms with van der Waals surface area (Å²) in [4.78, 5) is 35.3. The summed E-state index contributed by atoms with van der Waals surface area (Å²) in [7, 11) is 1.49. The number of likely N-dealkylation sites (N-methyl/N-ethyl adjacent to an activating group) is 1. The lowest BCUT2D eigenvalue weighted by Gasteiger charge is -2.21. The van der Waals surface area contributed by atoms with Crippen molar-refractivity contribution in [2.45, 2.75) is 38.6 Å². The number of rotatable bonds is 7. The first kappa shape index (κ1) is 17.8. The molecule has 1 aliphatic rings. The molecule has 0 fully saturated rings. The fourth-order valence-electron chi connectivity index (χ4n) is 2.42. The molecule has 1 heterocycles. The zero-order valence-corrected chi connectivity index (χ0v) is 13.9. The molecule has 0 aliphatic carbocycles. The predicted octanol–water partition coefficient (Wildman–Crippen LogP) is 1.66. The Morgan fingerprint density at radius 3 is 2.83 bits per heavy atom. The molecule has 0 saturated carbocycles. The molecular weight excluding hydrogens is 312 g/mol. The van der Waals surface area contributed by atoms with Gasteiger partial charge in [0.1, 0.15) is 11.8 Å². The van der Waals surface area contributed by atoms with Crippen molar-refractivity contribution in [3.8, 4) is 5.75 Å². The summed E-state index contributed by atoms with van der Waals surface area (Å²) in [5, 5.41) is 11.7. The highest BCUT2D eigenvalue weighted by atomic mass is 16.5. The fraction of sp³-hybridized carbons (Fsp3) is 0.471. The molecule has 2 amide bonds. The molecule has 0 radical (unpaired) electrons. The van der Waals surface area contributed by atoms with Gasteiger partial charge in [-0.2, -0.15) is 0 Å². The Hall–Kier alpha value is -2.57. The van der Waals surface area contributed by atoms with Gasteiger partial charge < -0.3 is 20.1 Å². The Morgan fingerprint density at radius 2 is 2.12 bits per heavy atom. The van der Waals surface area contributed by atoms with E-state index in [4.69, 9.17) is 9.84 Å². The normalized spacial score (nSPS) is 14.3. The van der Waals surface area contributed by atoms with Crippen LogP contribution in [-0.2, 0) is 20.8 Å². The van der Waals surface area contributed by atoms with Crippen LogP contribution in [0.15, 0.2) is 18.2 Å². The number of anilines is 1. The summed E-state index contributed by atoms with van der Waals surface area (Å²) in [5.41, 5.74) is 1.86. The van der Waals surface area contributed by atoms with Crippen molar-refractivity contribution in [1.29, 1.82) is 0 Å². The Kier molecular flexibility index (Phi) is 5.78. The quantitative estimate of drug-likeness (QED) is 0.739. The number of hydrogen-bond acceptors (Lipinski definition) is 4. The van der Waals surface area contributed by atoms with Gasteiger partial charge in [-0.3, -0.25) is 9.59 Å². The summed E-state index contributed by atoms with van der Waals surface area (Å²) >= 11 is 0. The maximum absolute atomic E-state index is 11.9. The summed E-state index contributed by atoms with van der Waals surface area (Å²) in [6.45, 7) is 1.84. The lowest BCUT2D eigenvalue weighted by atomic mass is 10.0. The molecule has 1 atom stereocenters. The van der Waals surface area contributed by atoms with Gasteiger partial charge >= 0.3 is 5.97 Å². The Balaban J connectivity index is 1.77. The summed E-state index contributed by atoms with van der Waals surface area (Å²) in [6, 6.07) is 4.66. The molecule has 1 aromatic rings. The topological polar surface area (TPSA) is 95.9 Å². The second-order valence-electron chi connectivity index (χ2n) is 5.84. The number of ether oxygens (including phenoxy) is 1. The zero-order chi connectivity index (χ0) is 17.7. The van der Waals surface area contributed by atoms with Crippen molar-refractivity contribution in [2.75, 3.05) is 19.0 Å². The van der Waals surface area contributed by atoms with Crippen LogP contribution in [0.25, 0.3) is 0 Å². The van der Waals surface area contributed by atoms with Crippen molar-refractivity contribution in [3.05, 3.63) is 23.8 Å². The number of nitrogens with one attached hydrogen (secondary N) is 1. The van der Waals surface area contributed by atoms with E-state index in [0.717, 1.165) is 11.3 Å². The van der Waals surface area contributed by atoms with Gasteiger partial charge in [0.15, 0.2) is 0 Å². The third-order valence-corrected chi connectivity index (χ3v) is 4.11. The van der Waals surface area contributed by atoms with Gasteiger partial charge in [0.05, 0.1) is 6.61 Å². The maximum Gasteiger partial charge on any atom is 0.326 e. The maximum atomic E-state index is 11.9. The third-order valence-electron chi connectivity index (χ3n) is 4.11. The number of carbonyl (C=O) groups excluding carboxylic acids is 2. The number of nitrogens with zero attached hydrogens (tertiary/aromatic N) is 1. The van der Waals surface area contributed by atoms with E-state index in [1.807, 2.05) is 12.1 Å². The number of fused-ring (bicyclic) bond motifs is 1. The van der Waals surface area contributed by atoms with Gasteiger partial charge in [-0.25, -0.2) is 4.79 Å². The van der Waals surface area contributed by atoms with E-state index >= 15 is 0 Å². The summed E-state index contributed by atoms with van der Waals surface area (Å²) in [5.74, 6) is -0.524. The number of aryl methyl sites for hydroxylation is 1. The average molecular weight is 334 g/mol. The van der Waals surface area contributed by atoms with Crippen LogP contribution >= 0.6 is 0 Å². The molecule has 0 aromatic heterocycles. The van der Waals surface area contributed by atoms with Crippen molar-refractivity contribution in [2.24, 2.45) is 0 Å². The number of benzene rings is 1.